The minimum absolute atomic E-state index is 0. The molecule has 1 N–H and O–H groups in total. The Morgan fingerprint density at radius 3 is 2.80 bits per heavy atom. The summed E-state index contributed by atoms with van der Waals surface area (Å²) in [7, 11) is 0. The van der Waals surface area contributed by atoms with Crippen LogP contribution >= 0.6 is 0 Å². The fourth-order valence-corrected chi connectivity index (χ4v) is 0.880. The summed E-state index contributed by atoms with van der Waals surface area (Å²) >= 11 is 0. The standard InChI is InChI=1S/C7H6N2.Lu/c1-2-4-7-6(3-1)8-5-9-7;/h1-5H,(H,8,9);. The van der Waals surface area contributed by atoms with Crippen molar-refractivity contribution >= 4 is 11.0 Å². The van der Waals surface area contributed by atoms with E-state index < -0.39 is 0 Å². The molecule has 0 bridgehead atoms. The third-order valence-electron chi connectivity index (χ3n) is 1.33. The Morgan fingerprint density at radius 2 is 2.00 bits per heavy atom. The Labute approximate surface area is 87.8 Å². The second kappa shape index (κ2) is 3.35. The smallest absolute Gasteiger partial charge is 0.0931 e. The van der Waals surface area contributed by atoms with E-state index >= 15 is 0 Å². The molecule has 0 aliphatic heterocycles. The summed E-state index contributed by atoms with van der Waals surface area (Å²) in [6.45, 7) is 0. The first kappa shape index (κ1) is 8.02. The number of aromatic amines is 1. The van der Waals surface area contributed by atoms with E-state index in [0.717, 1.165) is 11.0 Å². The maximum atomic E-state index is 4.06. The average Bonchev–Trinajstić information content (AvgIpc) is 2.33. The molecule has 2 rings (SSSR count). The van der Waals surface area contributed by atoms with Gasteiger partial charge in [0.25, 0.3) is 0 Å². The van der Waals surface area contributed by atoms with Crippen molar-refractivity contribution in [3.63, 3.8) is 0 Å². The number of nitrogens with zero attached hydrogens (tertiary/aromatic N) is 1. The molecule has 1 radical (unpaired) electrons. The number of benzene rings is 1. The monoisotopic (exact) mass is 293 g/mol. The van der Waals surface area contributed by atoms with E-state index in [-0.39, 0.29) is 36.9 Å². The van der Waals surface area contributed by atoms with Crippen molar-refractivity contribution in [3.05, 3.63) is 30.6 Å². The number of nitrogens with one attached hydrogen (secondary N) is 1. The van der Waals surface area contributed by atoms with E-state index in [0.29, 0.717) is 0 Å². The number of imidazole rings is 1. The molecule has 2 aromatic rings. The van der Waals surface area contributed by atoms with Gasteiger partial charge < -0.3 is 4.98 Å². The normalized spacial score (nSPS) is 9.20. The number of para-hydroxylation sites is 2. The van der Waals surface area contributed by atoms with Crippen LogP contribution in [-0.2, 0) is 0 Å². The molecule has 0 atom stereocenters. The summed E-state index contributed by atoms with van der Waals surface area (Å²) in [5.74, 6) is 0. The van der Waals surface area contributed by atoms with E-state index in [1.807, 2.05) is 24.3 Å². The van der Waals surface area contributed by atoms with Gasteiger partial charge in [-0.25, -0.2) is 4.98 Å². The molecule has 0 spiro atoms. The first-order valence-electron chi connectivity index (χ1n) is 2.85. The van der Waals surface area contributed by atoms with Gasteiger partial charge in [0, 0.05) is 36.9 Å². The van der Waals surface area contributed by atoms with E-state index in [2.05, 4.69) is 9.97 Å². The van der Waals surface area contributed by atoms with E-state index in [1.54, 1.807) is 6.33 Å². The summed E-state index contributed by atoms with van der Waals surface area (Å²) in [6, 6.07) is 7.94. The van der Waals surface area contributed by atoms with Gasteiger partial charge in [-0.3, -0.25) is 0 Å². The van der Waals surface area contributed by atoms with Gasteiger partial charge in [-0.1, -0.05) is 12.1 Å². The van der Waals surface area contributed by atoms with Crippen LogP contribution in [-0.4, -0.2) is 9.97 Å². The van der Waals surface area contributed by atoms with Gasteiger partial charge in [0.15, 0.2) is 0 Å². The molecule has 0 amide bonds. The van der Waals surface area contributed by atoms with Crippen molar-refractivity contribution in [1.29, 1.82) is 0 Å². The molecule has 1 heterocycles. The predicted octanol–water partition coefficient (Wildman–Crippen LogP) is 1.56. The zero-order valence-electron chi connectivity index (χ0n) is 5.09. The third kappa shape index (κ3) is 1.33. The minimum atomic E-state index is 0. The fourth-order valence-electron chi connectivity index (χ4n) is 0.880. The molecule has 0 saturated heterocycles. The molecule has 2 nitrogen and oxygen atoms in total. The number of hydrogen-bond donors (Lipinski definition) is 1. The molecule has 3 heteroatoms. The minimum Gasteiger partial charge on any atom is -0.345 e. The van der Waals surface area contributed by atoms with Crippen LogP contribution in [0.3, 0.4) is 0 Å². The second-order valence-electron chi connectivity index (χ2n) is 1.92. The van der Waals surface area contributed by atoms with Gasteiger partial charge in [0.1, 0.15) is 0 Å². The van der Waals surface area contributed by atoms with Crippen LogP contribution < -0.4 is 0 Å². The molecule has 1 aromatic heterocycles. The van der Waals surface area contributed by atoms with Crippen LogP contribution in [0.15, 0.2) is 30.6 Å². The van der Waals surface area contributed by atoms with E-state index in [4.69, 9.17) is 0 Å². The first-order valence-corrected chi connectivity index (χ1v) is 2.85. The molecule has 59 valence electrons. The molecule has 0 fully saturated rings. The first-order chi connectivity index (χ1) is 4.47. The number of fused-ring (bicyclic) bond motifs is 1. The second-order valence-corrected chi connectivity index (χ2v) is 1.92. The van der Waals surface area contributed by atoms with Gasteiger partial charge >= 0.3 is 0 Å². The topological polar surface area (TPSA) is 28.7 Å². The zero-order valence-corrected chi connectivity index (χ0v) is 6.75. The van der Waals surface area contributed by atoms with Gasteiger partial charge in [-0.15, -0.1) is 0 Å². The molecule has 1 aromatic carbocycles. The van der Waals surface area contributed by atoms with Crippen LogP contribution in [0.5, 0.6) is 0 Å². The number of rotatable bonds is 0. The van der Waals surface area contributed by atoms with Gasteiger partial charge in [-0.05, 0) is 12.1 Å². The Morgan fingerprint density at radius 1 is 1.20 bits per heavy atom. The summed E-state index contributed by atoms with van der Waals surface area (Å²) in [5.41, 5.74) is 2.12. The van der Waals surface area contributed by atoms with E-state index in [1.165, 1.54) is 0 Å². The Balaban J connectivity index is 0.000000500. The van der Waals surface area contributed by atoms with Crippen LogP contribution in [0.2, 0.25) is 0 Å². The van der Waals surface area contributed by atoms with Gasteiger partial charge in [-0.2, -0.15) is 0 Å². The van der Waals surface area contributed by atoms with Crippen molar-refractivity contribution in [2.24, 2.45) is 0 Å². The Bertz CT molecular complexity index is 286. The predicted molar refractivity (Wildman–Crippen MR) is 36.1 cm³/mol. The summed E-state index contributed by atoms with van der Waals surface area (Å²) in [5, 5.41) is 0. The number of H-pyrrole nitrogens is 1. The van der Waals surface area contributed by atoms with Crippen LogP contribution in [0.4, 0.5) is 0 Å². The fraction of sp³-hybridized carbons (Fsp3) is 0. The van der Waals surface area contributed by atoms with Crippen molar-refractivity contribution in [3.8, 4) is 0 Å². The van der Waals surface area contributed by atoms with Crippen molar-refractivity contribution in [1.82, 2.24) is 9.97 Å². The third-order valence-corrected chi connectivity index (χ3v) is 1.33. The molecule has 0 saturated carbocycles. The maximum Gasteiger partial charge on any atom is 0.0931 e. The SMILES string of the molecule is [Lu].c1ccc2[nH]cnc2c1. The summed E-state index contributed by atoms with van der Waals surface area (Å²) < 4.78 is 0. The van der Waals surface area contributed by atoms with Crippen LogP contribution in [0, 0.1) is 36.9 Å². The average molecular weight is 293 g/mol. The summed E-state index contributed by atoms with van der Waals surface area (Å²) in [4.78, 5) is 7.07. The molecular formula is C7H6LuN2. The zero-order chi connectivity index (χ0) is 6.10. The Hall–Kier alpha value is -0.0762. The molecule has 10 heavy (non-hydrogen) atoms. The van der Waals surface area contributed by atoms with E-state index in [9.17, 15) is 0 Å². The molecular weight excluding hydrogens is 287 g/mol. The molecule has 0 unspecified atom stereocenters. The van der Waals surface area contributed by atoms with Crippen molar-refractivity contribution < 1.29 is 36.9 Å². The summed E-state index contributed by atoms with van der Waals surface area (Å²) in [6.07, 6.45) is 1.70. The number of aromatic nitrogens is 2. The Kier molecular flexibility index (Phi) is 2.69. The molecule has 0 aliphatic rings. The number of hydrogen-bond acceptors (Lipinski definition) is 1. The van der Waals surface area contributed by atoms with Crippen molar-refractivity contribution in [2.45, 2.75) is 0 Å². The van der Waals surface area contributed by atoms with Crippen molar-refractivity contribution in [2.75, 3.05) is 0 Å². The maximum absolute atomic E-state index is 4.06. The molecule has 0 aliphatic carbocycles. The van der Waals surface area contributed by atoms with Gasteiger partial charge in [0.2, 0.25) is 0 Å². The van der Waals surface area contributed by atoms with Crippen LogP contribution in [0.25, 0.3) is 11.0 Å². The van der Waals surface area contributed by atoms with Crippen LogP contribution in [0.1, 0.15) is 0 Å². The largest absolute Gasteiger partial charge is 0.345 e. The van der Waals surface area contributed by atoms with Gasteiger partial charge in [0.05, 0.1) is 17.4 Å². The quantitative estimate of drug-likeness (QED) is 0.784.